The Morgan fingerprint density at radius 3 is 3.08 bits per heavy atom. The van der Waals surface area contributed by atoms with Gasteiger partial charge in [-0.3, -0.25) is 0 Å². The van der Waals surface area contributed by atoms with E-state index in [2.05, 4.69) is 27.8 Å². The van der Waals surface area contributed by atoms with Crippen molar-refractivity contribution in [2.45, 2.75) is 12.5 Å². The number of rotatable bonds is 3. The molecule has 0 saturated carbocycles. The highest BCUT2D eigenvalue weighted by Gasteiger charge is 2.25. The molecule has 1 fully saturated rings. The molecule has 2 atom stereocenters. The Kier molecular flexibility index (Phi) is 2.66. The number of H-pyrrole nitrogens is 1. The van der Waals surface area contributed by atoms with E-state index >= 15 is 0 Å². The van der Waals surface area contributed by atoms with Gasteiger partial charge in [0.05, 0.1) is 6.04 Å². The van der Waals surface area contributed by atoms with Gasteiger partial charge >= 0.3 is 0 Å². The Hall–Kier alpha value is -0.800. The van der Waals surface area contributed by atoms with Crippen LogP contribution in [0.25, 0.3) is 0 Å². The van der Waals surface area contributed by atoms with Gasteiger partial charge in [0.2, 0.25) is 0 Å². The highest BCUT2D eigenvalue weighted by Crippen LogP contribution is 2.24. The lowest BCUT2D eigenvalue weighted by Gasteiger charge is -2.21. The van der Waals surface area contributed by atoms with Crippen LogP contribution in [-0.4, -0.2) is 25.1 Å². The van der Waals surface area contributed by atoms with Crippen molar-refractivity contribution in [2.24, 2.45) is 5.92 Å². The standard InChI is InChI=1S/C10H17N3/c1-11-10(8-4-6-12-7-8)9-3-2-5-13-9/h2-3,5,8,10-13H,4,6-7H2,1H3. The molecule has 0 aromatic carbocycles. The van der Waals surface area contributed by atoms with Crippen LogP contribution in [0.3, 0.4) is 0 Å². The molecule has 0 amide bonds. The van der Waals surface area contributed by atoms with E-state index in [1.165, 1.54) is 12.1 Å². The van der Waals surface area contributed by atoms with Crippen LogP contribution in [0.4, 0.5) is 0 Å². The lowest BCUT2D eigenvalue weighted by atomic mass is 9.96. The summed E-state index contributed by atoms with van der Waals surface area (Å²) >= 11 is 0. The number of hydrogen-bond acceptors (Lipinski definition) is 2. The zero-order valence-corrected chi connectivity index (χ0v) is 8.01. The Labute approximate surface area is 78.9 Å². The molecular weight excluding hydrogens is 162 g/mol. The van der Waals surface area contributed by atoms with Gasteiger partial charge in [-0.2, -0.15) is 0 Å². The summed E-state index contributed by atoms with van der Waals surface area (Å²) in [5.74, 6) is 0.726. The summed E-state index contributed by atoms with van der Waals surface area (Å²) in [4.78, 5) is 3.27. The van der Waals surface area contributed by atoms with Gasteiger partial charge in [-0.05, 0) is 44.6 Å². The third-order valence-corrected chi connectivity index (χ3v) is 2.84. The van der Waals surface area contributed by atoms with Crippen molar-refractivity contribution >= 4 is 0 Å². The van der Waals surface area contributed by atoms with E-state index < -0.39 is 0 Å². The summed E-state index contributed by atoms with van der Waals surface area (Å²) in [6.07, 6.45) is 3.26. The fraction of sp³-hybridized carbons (Fsp3) is 0.600. The van der Waals surface area contributed by atoms with Crippen LogP contribution in [0.15, 0.2) is 18.3 Å². The lowest BCUT2D eigenvalue weighted by molar-refractivity contribution is 0.403. The Balaban J connectivity index is 2.08. The smallest absolute Gasteiger partial charge is 0.0511 e. The molecule has 1 aromatic rings. The Morgan fingerprint density at radius 1 is 1.62 bits per heavy atom. The van der Waals surface area contributed by atoms with Gasteiger partial charge in [0.15, 0.2) is 0 Å². The van der Waals surface area contributed by atoms with E-state index in [-0.39, 0.29) is 0 Å². The monoisotopic (exact) mass is 179 g/mol. The third-order valence-electron chi connectivity index (χ3n) is 2.84. The minimum atomic E-state index is 0.477. The molecule has 0 radical (unpaired) electrons. The highest BCUT2D eigenvalue weighted by molar-refractivity contribution is 5.11. The first-order valence-corrected chi connectivity index (χ1v) is 4.93. The van der Waals surface area contributed by atoms with Crippen molar-refractivity contribution in [3.63, 3.8) is 0 Å². The second-order valence-corrected chi connectivity index (χ2v) is 3.64. The van der Waals surface area contributed by atoms with Crippen molar-refractivity contribution < 1.29 is 0 Å². The quantitative estimate of drug-likeness (QED) is 0.644. The molecule has 0 aliphatic carbocycles. The highest BCUT2D eigenvalue weighted by atomic mass is 15.0. The third kappa shape index (κ3) is 1.76. The van der Waals surface area contributed by atoms with Crippen LogP contribution in [0.5, 0.6) is 0 Å². The molecule has 3 heteroatoms. The van der Waals surface area contributed by atoms with Crippen molar-refractivity contribution in [3.8, 4) is 0 Å². The van der Waals surface area contributed by atoms with E-state index in [0.29, 0.717) is 6.04 Å². The number of hydrogen-bond donors (Lipinski definition) is 3. The molecule has 1 saturated heterocycles. The van der Waals surface area contributed by atoms with Crippen LogP contribution >= 0.6 is 0 Å². The van der Waals surface area contributed by atoms with Gasteiger partial charge in [0.1, 0.15) is 0 Å². The topological polar surface area (TPSA) is 39.9 Å². The van der Waals surface area contributed by atoms with Crippen LogP contribution in [0.2, 0.25) is 0 Å². The van der Waals surface area contributed by atoms with Gasteiger partial charge in [0, 0.05) is 11.9 Å². The largest absolute Gasteiger partial charge is 0.364 e. The molecule has 0 bridgehead atoms. The van der Waals surface area contributed by atoms with Crippen LogP contribution in [-0.2, 0) is 0 Å². The summed E-state index contributed by atoms with van der Waals surface area (Å²) in [5.41, 5.74) is 1.30. The van der Waals surface area contributed by atoms with E-state index in [1.807, 2.05) is 13.2 Å². The lowest BCUT2D eigenvalue weighted by Crippen LogP contribution is -2.27. The SMILES string of the molecule is CNC(c1ccc[nH]1)C1CCNC1. The molecule has 2 heterocycles. The Morgan fingerprint density at radius 2 is 2.54 bits per heavy atom. The minimum absolute atomic E-state index is 0.477. The molecule has 2 rings (SSSR count). The maximum absolute atomic E-state index is 3.40. The van der Waals surface area contributed by atoms with Gasteiger partial charge in [-0.1, -0.05) is 0 Å². The summed E-state index contributed by atoms with van der Waals surface area (Å²) in [6, 6.07) is 4.69. The second kappa shape index (κ2) is 3.94. The first kappa shape index (κ1) is 8.78. The maximum Gasteiger partial charge on any atom is 0.0511 e. The minimum Gasteiger partial charge on any atom is -0.364 e. The molecule has 3 nitrogen and oxygen atoms in total. The van der Waals surface area contributed by atoms with Gasteiger partial charge < -0.3 is 15.6 Å². The zero-order valence-electron chi connectivity index (χ0n) is 8.01. The molecule has 13 heavy (non-hydrogen) atoms. The van der Waals surface area contributed by atoms with Gasteiger partial charge in [-0.15, -0.1) is 0 Å². The normalized spacial score (nSPS) is 24.8. The van der Waals surface area contributed by atoms with Crippen LogP contribution in [0, 0.1) is 5.92 Å². The molecule has 72 valence electrons. The molecule has 1 aromatic heterocycles. The average molecular weight is 179 g/mol. The van der Waals surface area contributed by atoms with Crippen LogP contribution < -0.4 is 10.6 Å². The van der Waals surface area contributed by atoms with E-state index in [4.69, 9.17) is 0 Å². The molecule has 2 unspecified atom stereocenters. The van der Waals surface area contributed by atoms with E-state index in [1.54, 1.807) is 0 Å². The first-order valence-electron chi connectivity index (χ1n) is 4.93. The van der Waals surface area contributed by atoms with Crippen molar-refractivity contribution in [2.75, 3.05) is 20.1 Å². The molecule has 1 aliphatic rings. The maximum atomic E-state index is 3.40. The summed E-state index contributed by atoms with van der Waals surface area (Å²) in [7, 11) is 2.03. The number of nitrogens with one attached hydrogen (secondary N) is 3. The van der Waals surface area contributed by atoms with Crippen LogP contribution in [0.1, 0.15) is 18.2 Å². The summed E-state index contributed by atoms with van der Waals surface area (Å²) in [5, 5.41) is 6.77. The summed E-state index contributed by atoms with van der Waals surface area (Å²) in [6.45, 7) is 2.29. The zero-order chi connectivity index (χ0) is 9.10. The van der Waals surface area contributed by atoms with Crippen molar-refractivity contribution in [1.29, 1.82) is 0 Å². The fourth-order valence-corrected chi connectivity index (χ4v) is 2.14. The molecule has 3 N–H and O–H groups in total. The van der Waals surface area contributed by atoms with E-state index in [0.717, 1.165) is 19.0 Å². The summed E-state index contributed by atoms with van der Waals surface area (Å²) < 4.78 is 0. The number of aromatic amines is 1. The first-order chi connectivity index (χ1) is 6.42. The van der Waals surface area contributed by atoms with E-state index in [9.17, 15) is 0 Å². The predicted octanol–water partition coefficient (Wildman–Crippen LogP) is 0.885. The molecule has 0 spiro atoms. The fourth-order valence-electron chi connectivity index (χ4n) is 2.14. The van der Waals surface area contributed by atoms with Crippen molar-refractivity contribution in [1.82, 2.24) is 15.6 Å². The average Bonchev–Trinajstić information content (AvgIpc) is 2.76. The van der Waals surface area contributed by atoms with Gasteiger partial charge in [-0.25, -0.2) is 0 Å². The predicted molar refractivity (Wildman–Crippen MR) is 53.6 cm³/mol. The van der Waals surface area contributed by atoms with Crippen molar-refractivity contribution in [3.05, 3.63) is 24.0 Å². The molecule has 1 aliphatic heterocycles. The number of aromatic nitrogens is 1. The molecular formula is C10H17N3. The second-order valence-electron chi connectivity index (χ2n) is 3.64. The Bertz CT molecular complexity index is 237. The van der Waals surface area contributed by atoms with Gasteiger partial charge in [0.25, 0.3) is 0 Å².